The van der Waals surface area contributed by atoms with E-state index in [1.165, 1.54) is 7.05 Å². The summed E-state index contributed by atoms with van der Waals surface area (Å²) in [6, 6.07) is 9.21. The molecule has 20 heavy (non-hydrogen) atoms. The summed E-state index contributed by atoms with van der Waals surface area (Å²) in [5.41, 5.74) is 0.871. The van der Waals surface area contributed by atoms with E-state index in [1.807, 2.05) is 30.3 Å². The molecule has 0 saturated heterocycles. The van der Waals surface area contributed by atoms with E-state index in [2.05, 4.69) is 0 Å². The molecule has 1 rings (SSSR count). The van der Waals surface area contributed by atoms with Crippen LogP contribution in [0.3, 0.4) is 0 Å². The van der Waals surface area contributed by atoms with Gasteiger partial charge in [0.15, 0.2) is 0 Å². The summed E-state index contributed by atoms with van der Waals surface area (Å²) in [7, 11) is 1.38. The number of ether oxygens (including phenoxy) is 1. The van der Waals surface area contributed by atoms with Gasteiger partial charge in [0.25, 0.3) is 0 Å². The van der Waals surface area contributed by atoms with Gasteiger partial charge in [0, 0.05) is 13.5 Å². The van der Waals surface area contributed by atoms with Gasteiger partial charge in [0.1, 0.15) is 13.2 Å². The summed E-state index contributed by atoms with van der Waals surface area (Å²) < 4.78 is 5.01. The molecule has 6 heteroatoms. The van der Waals surface area contributed by atoms with Crippen molar-refractivity contribution in [3.8, 4) is 0 Å². The Kier molecular flexibility index (Phi) is 6.22. The van der Waals surface area contributed by atoms with Gasteiger partial charge in [0.05, 0.1) is 6.42 Å². The number of amides is 1. The standard InChI is InChI=1S/C14H17NO5/c1-15(9-13(17)18)12(16)7-8-14(19)20-10-11-5-3-2-4-6-11/h2-6H,7-10H2,1H3,(H,17,18). The van der Waals surface area contributed by atoms with Crippen LogP contribution < -0.4 is 0 Å². The number of esters is 1. The molecule has 0 radical (unpaired) electrons. The number of carboxylic acid groups (broad SMARTS) is 1. The molecule has 1 aromatic rings. The predicted octanol–water partition coefficient (Wildman–Crippen LogP) is 1.05. The molecule has 0 saturated carbocycles. The average Bonchev–Trinajstić information content (AvgIpc) is 2.42. The van der Waals surface area contributed by atoms with Gasteiger partial charge < -0.3 is 14.7 Å². The first-order chi connectivity index (χ1) is 9.49. The lowest BCUT2D eigenvalue weighted by Crippen LogP contribution is -2.32. The van der Waals surface area contributed by atoms with Crippen molar-refractivity contribution in [2.45, 2.75) is 19.4 Å². The highest BCUT2D eigenvalue weighted by Gasteiger charge is 2.14. The number of carboxylic acids is 1. The van der Waals surface area contributed by atoms with Gasteiger partial charge in [-0.3, -0.25) is 14.4 Å². The van der Waals surface area contributed by atoms with Crippen LogP contribution in [-0.4, -0.2) is 41.4 Å². The summed E-state index contributed by atoms with van der Waals surface area (Å²) in [5.74, 6) is -1.97. The summed E-state index contributed by atoms with van der Waals surface area (Å²) in [4.78, 5) is 34.5. The number of hydrogen-bond acceptors (Lipinski definition) is 4. The summed E-state index contributed by atoms with van der Waals surface area (Å²) in [5, 5.41) is 8.53. The smallest absolute Gasteiger partial charge is 0.323 e. The predicted molar refractivity (Wildman–Crippen MR) is 70.7 cm³/mol. The zero-order valence-corrected chi connectivity index (χ0v) is 11.2. The summed E-state index contributed by atoms with van der Waals surface area (Å²) >= 11 is 0. The molecule has 0 aliphatic rings. The SMILES string of the molecule is CN(CC(=O)O)C(=O)CCC(=O)OCc1ccccc1. The maximum absolute atomic E-state index is 11.5. The van der Waals surface area contributed by atoms with Crippen LogP contribution in [0.5, 0.6) is 0 Å². The highest BCUT2D eigenvalue weighted by Crippen LogP contribution is 2.03. The molecule has 0 heterocycles. The van der Waals surface area contributed by atoms with Gasteiger partial charge in [-0.05, 0) is 5.56 Å². The number of rotatable bonds is 7. The van der Waals surface area contributed by atoms with Crippen molar-refractivity contribution in [1.82, 2.24) is 4.90 Å². The maximum atomic E-state index is 11.5. The van der Waals surface area contributed by atoms with E-state index >= 15 is 0 Å². The molecule has 0 aliphatic carbocycles. The Balaban J connectivity index is 2.26. The molecule has 1 N–H and O–H groups in total. The molecule has 1 amide bonds. The fourth-order valence-corrected chi connectivity index (χ4v) is 1.50. The van der Waals surface area contributed by atoms with Crippen molar-refractivity contribution >= 4 is 17.8 Å². The van der Waals surface area contributed by atoms with Crippen LogP contribution in [-0.2, 0) is 25.7 Å². The molecule has 0 atom stereocenters. The Hall–Kier alpha value is -2.37. The number of benzene rings is 1. The summed E-state index contributed by atoms with van der Waals surface area (Å²) in [6.45, 7) is -0.212. The van der Waals surface area contributed by atoms with E-state index in [0.29, 0.717) is 0 Å². The number of hydrogen-bond donors (Lipinski definition) is 1. The van der Waals surface area contributed by atoms with E-state index < -0.39 is 17.8 Å². The number of nitrogens with zero attached hydrogens (tertiary/aromatic N) is 1. The van der Waals surface area contributed by atoms with Crippen molar-refractivity contribution < 1.29 is 24.2 Å². The molecule has 0 aliphatic heterocycles. The second kappa shape index (κ2) is 7.93. The Morgan fingerprint density at radius 2 is 1.80 bits per heavy atom. The minimum atomic E-state index is -1.09. The van der Waals surface area contributed by atoms with Crippen molar-refractivity contribution in [2.24, 2.45) is 0 Å². The van der Waals surface area contributed by atoms with Gasteiger partial charge in [-0.25, -0.2) is 0 Å². The number of aliphatic carboxylic acids is 1. The third-order valence-electron chi connectivity index (χ3n) is 2.58. The lowest BCUT2D eigenvalue weighted by Gasteiger charge is -2.13. The zero-order valence-electron chi connectivity index (χ0n) is 11.2. The van der Waals surface area contributed by atoms with Gasteiger partial charge in [-0.2, -0.15) is 0 Å². The third-order valence-corrected chi connectivity index (χ3v) is 2.58. The highest BCUT2D eigenvalue weighted by molar-refractivity contribution is 5.84. The first-order valence-electron chi connectivity index (χ1n) is 6.14. The Morgan fingerprint density at radius 1 is 1.15 bits per heavy atom. The second-order valence-electron chi connectivity index (χ2n) is 4.29. The minimum absolute atomic E-state index is 0.0581. The summed E-state index contributed by atoms with van der Waals surface area (Å²) in [6.07, 6.45) is -0.118. The monoisotopic (exact) mass is 279 g/mol. The molecular formula is C14H17NO5. The Labute approximate surface area is 117 Å². The lowest BCUT2D eigenvalue weighted by molar-refractivity contribution is -0.148. The van der Waals surface area contributed by atoms with Crippen LogP contribution in [0.15, 0.2) is 30.3 Å². The fraction of sp³-hybridized carbons (Fsp3) is 0.357. The van der Waals surface area contributed by atoms with Crippen molar-refractivity contribution in [3.05, 3.63) is 35.9 Å². The molecule has 0 spiro atoms. The molecule has 0 bridgehead atoms. The largest absolute Gasteiger partial charge is 0.480 e. The van der Waals surface area contributed by atoms with E-state index in [1.54, 1.807) is 0 Å². The molecule has 1 aromatic carbocycles. The maximum Gasteiger partial charge on any atom is 0.323 e. The molecular weight excluding hydrogens is 262 g/mol. The van der Waals surface area contributed by atoms with E-state index in [0.717, 1.165) is 10.5 Å². The zero-order chi connectivity index (χ0) is 15.0. The van der Waals surface area contributed by atoms with Gasteiger partial charge in [0.2, 0.25) is 5.91 Å². The van der Waals surface area contributed by atoms with E-state index in [4.69, 9.17) is 9.84 Å². The molecule has 0 unspecified atom stereocenters. The van der Waals surface area contributed by atoms with Crippen LogP contribution in [0.2, 0.25) is 0 Å². The molecule has 6 nitrogen and oxygen atoms in total. The van der Waals surface area contributed by atoms with Crippen molar-refractivity contribution in [2.75, 3.05) is 13.6 Å². The average molecular weight is 279 g/mol. The molecule has 108 valence electrons. The van der Waals surface area contributed by atoms with Crippen molar-refractivity contribution in [1.29, 1.82) is 0 Å². The van der Waals surface area contributed by atoms with Gasteiger partial charge in [-0.15, -0.1) is 0 Å². The van der Waals surface area contributed by atoms with Crippen LogP contribution in [0.25, 0.3) is 0 Å². The van der Waals surface area contributed by atoms with Gasteiger partial charge in [-0.1, -0.05) is 30.3 Å². The van der Waals surface area contributed by atoms with E-state index in [-0.39, 0.29) is 26.0 Å². The fourth-order valence-electron chi connectivity index (χ4n) is 1.50. The van der Waals surface area contributed by atoms with E-state index in [9.17, 15) is 14.4 Å². The molecule has 0 fully saturated rings. The Morgan fingerprint density at radius 3 is 2.40 bits per heavy atom. The van der Waals surface area contributed by atoms with Crippen LogP contribution in [0.1, 0.15) is 18.4 Å². The Bertz CT molecular complexity index is 472. The van der Waals surface area contributed by atoms with Crippen LogP contribution >= 0.6 is 0 Å². The quantitative estimate of drug-likeness (QED) is 0.754. The topological polar surface area (TPSA) is 83.9 Å². The minimum Gasteiger partial charge on any atom is -0.480 e. The van der Waals surface area contributed by atoms with Crippen LogP contribution in [0.4, 0.5) is 0 Å². The number of carbonyl (C=O) groups excluding carboxylic acids is 2. The molecule has 0 aromatic heterocycles. The number of likely N-dealkylation sites (N-methyl/N-ethyl adjacent to an activating group) is 1. The third kappa shape index (κ3) is 5.99. The lowest BCUT2D eigenvalue weighted by atomic mass is 10.2. The normalized spacial score (nSPS) is 9.85. The van der Waals surface area contributed by atoms with Crippen LogP contribution in [0, 0.1) is 0 Å². The first-order valence-corrected chi connectivity index (χ1v) is 6.14. The second-order valence-corrected chi connectivity index (χ2v) is 4.29. The van der Waals surface area contributed by atoms with Gasteiger partial charge >= 0.3 is 11.9 Å². The first kappa shape index (κ1) is 15.7. The highest BCUT2D eigenvalue weighted by atomic mass is 16.5. The number of carbonyl (C=O) groups is 3. The van der Waals surface area contributed by atoms with Crippen molar-refractivity contribution in [3.63, 3.8) is 0 Å².